The van der Waals surface area contributed by atoms with Gasteiger partial charge in [-0.1, -0.05) is 31.2 Å². The van der Waals surface area contributed by atoms with Crippen molar-refractivity contribution in [3.05, 3.63) is 69.6 Å². The maximum absolute atomic E-state index is 12.0. The van der Waals surface area contributed by atoms with Crippen molar-refractivity contribution in [3.63, 3.8) is 0 Å². The molecule has 2 rings (SSSR count). The number of hydrogen-bond acceptors (Lipinski definition) is 2. The van der Waals surface area contributed by atoms with E-state index in [1.165, 1.54) is 23.9 Å². The maximum Gasteiger partial charge on any atom is 0.253 e. The highest BCUT2D eigenvalue weighted by atomic mass is 16.2. The molecule has 0 fully saturated rings. The molecule has 20 heavy (non-hydrogen) atoms. The van der Waals surface area contributed by atoms with Gasteiger partial charge in [-0.25, -0.2) is 0 Å². The third-order valence-corrected chi connectivity index (χ3v) is 3.28. The van der Waals surface area contributed by atoms with Crippen LogP contribution in [0, 0.1) is 0 Å². The van der Waals surface area contributed by atoms with E-state index in [1.807, 2.05) is 19.1 Å². The van der Waals surface area contributed by atoms with E-state index in [9.17, 15) is 9.59 Å². The lowest BCUT2D eigenvalue weighted by atomic mass is 10.0. The Balaban J connectivity index is 2.06. The fraction of sp³-hybridized carbons (Fsp3) is 0.250. The molecule has 4 heteroatoms. The normalized spacial score (nSPS) is 11.9. The molecule has 0 aliphatic carbocycles. The number of carbonyl (C=O) groups excluding carboxylic acids is 1. The molecule has 104 valence electrons. The van der Waals surface area contributed by atoms with Gasteiger partial charge in [0.05, 0.1) is 11.6 Å². The van der Waals surface area contributed by atoms with Gasteiger partial charge in [-0.15, -0.1) is 0 Å². The Hall–Kier alpha value is -2.36. The number of aromatic nitrogens is 1. The quantitative estimate of drug-likeness (QED) is 0.896. The summed E-state index contributed by atoms with van der Waals surface area (Å²) in [4.78, 5) is 25.5. The summed E-state index contributed by atoms with van der Waals surface area (Å²) in [6.45, 7) is 4.04. The highest BCUT2D eigenvalue weighted by molar-refractivity contribution is 5.94. The maximum atomic E-state index is 12.0. The molecule has 2 aromatic rings. The Morgan fingerprint density at radius 1 is 1.20 bits per heavy atom. The van der Waals surface area contributed by atoms with Crippen LogP contribution in [0.4, 0.5) is 0 Å². The molecule has 0 aliphatic rings. The minimum Gasteiger partial charge on any atom is -0.345 e. The van der Waals surface area contributed by atoms with E-state index in [2.05, 4.69) is 29.4 Å². The molecule has 0 saturated heterocycles. The zero-order valence-corrected chi connectivity index (χ0v) is 11.6. The number of carbonyl (C=O) groups is 1. The van der Waals surface area contributed by atoms with Crippen LogP contribution in [0.25, 0.3) is 0 Å². The molecular weight excluding hydrogens is 252 g/mol. The molecule has 0 saturated carbocycles. The monoisotopic (exact) mass is 270 g/mol. The van der Waals surface area contributed by atoms with Crippen LogP contribution in [0.15, 0.2) is 47.4 Å². The van der Waals surface area contributed by atoms with Gasteiger partial charge >= 0.3 is 0 Å². The number of aryl methyl sites for hydroxylation is 1. The summed E-state index contributed by atoms with van der Waals surface area (Å²) in [5, 5.41) is 2.91. The number of pyridine rings is 1. The van der Waals surface area contributed by atoms with E-state index in [4.69, 9.17) is 0 Å². The third-order valence-electron chi connectivity index (χ3n) is 3.28. The number of amides is 1. The van der Waals surface area contributed by atoms with Crippen molar-refractivity contribution in [1.29, 1.82) is 0 Å². The van der Waals surface area contributed by atoms with Crippen molar-refractivity contribution in [2.75, 3.05) is 0 Å². The van der Waals surface area contributed by atoms with Crippen LogP contribution in [-0.2, 0) is 6.42 Å². The second-order valence-electron chi connectivity index (χ2n) is 4.73. The SMILES string of the molecule is CCc1ccc([C@H](C)NC(=O)c2ccc(=O)[nH]c2)cc1. The van der Waals surface area contributed by atoms with Crippen LogP contribution in [0.5, 0.6) is 0 Å². The van der Waals surface area contributed by atoms with Gasteiger partial charge in [-0.2, -0.15) is 0 Å². The van der Waals surface area contributed by atoms with E-state index in [0.717, 1.165) is 12.0 Å². The first-order chi connectivity index (χ1) is 9.60. The summed E-state index contributed by atoms with van der Waals surface area (Å²) in [6.07, 6.45) is 2.42. The first-order valence-electron chi connectivity index (χ1n) is 6.68. The van der Waals surface area contributed by atoms with Gasteiger partial charge in [0.25, 0.3) is 5.91 Å². The second kappa shape index (κ2) is 6.19. The Bertz CT molecular complexity index is 624. The highest BCUT2D eigenvalue weighted by Crippen LogP contribution is 2.14. The minimum absolute atomic E-state index is 0.0830. The Morgan fingerprint density at radius 2 is 1.90 bits per heavy atom. The van der Waals surface area contributed by atoms with Gasteiger partial charge in [0, 0.05) is 12.3 Å². The molecule has 4 nitrogen and oxygen atoms in total. The Morgan fingerprint density at radius 3 is 2.45 bits per heavy atom. The first kappa shape index (κ1) is 14.1. The van der Waals surface area contributed by atoms with Gasteiger partial charge in [0.15, 0.2) is 0 Å². The Labute approximate surface area is 117 Å². The standard InChI is InChI=1S/C16H18N2O2/c1-3-12-4-6-13(7-5-12)11(2)18-16(20)14-8-9-15(19)17-10-14/h4-11H,3H2,1-2H3,(H,17,19)(H,18,20)/t11-/m0/s1. The van der Waals surface area contributed by atoms with Gasteiger partial charge in [-0.3, -0.25) is 9.59 Å². The summed E-state index contributed by atoms with van der Waals surface area (Å²) in [6, 6.07) is 11.0. The minimum atomic E-state index is -0.218. The van der Waals surface area contributed by atoms with Gasteiger partial charge < -0.3 is 10.3 Å². The molecule has 1 aromatic carbocycles. The highest BCUT2D eigenvalue weighted by Gasteiger charge is 2.11. The predicted molar refractivity (Wildman–Crippen MR) is 78.8 cm³/mol. The van der Waals surface area contributed by atoms with Crippen molar-refractivity contribution in [3.8, 4) is 0 Å². The fourth-order valence-corrected chi connectivity index (χ4v) is 1.96. The van der Waals surface area contributed by atoms with E-state index in [0.29, 0.717) is 5.56 Å². The fourth-order valence-electron chi connectivity index (χ4n) is 1.96. The number of hydrogen-bond donors (Lipinski definition) is 2. The molecule has 1 heterocycles. The molecule has 0 spiro atoms. The average molecular weight is 270 g/mol. The number of aromatic amines is 1. The summed E-state index contributed by atoms with van der Waals surface area (Å²) in [5.41, 5.74) is 2.55. The van der Waals surface area contributed by atoms with Crippen LogP contribution in [0.1, 0.15) is 41.4 Å². The molecule has 2 N–H and O–H groups in total. The molecule has 0 aliphatic heterocycles. The van der Waals surface area contributed by atoms with Crippen molar-refractivity contribution in [2.24, 2.45) is 0 Å². The first-order valence-corrected chi connectivity index (χ1v) is 6.68. The van der Waals surface area contributed by atoms with Gasteiger partial charge in [0.1, 0.15) is 0 Å². The van der Waals surface area contributed by atoms with Crippen molar-refractivity contribution < 1.29 is 4.79 Å². The summed E-state index contributed by atoms with van der Waals surface area (Å²) >= 11 is 0. The molecule has 1 aromatic heterocycles. The summed E-state index contributed by atoms with van der Waals surface area (Å²) < 4.78 is 0. The molecular formula is C16H18N2O2. The number of H-pyrrole nitrogens is 1. The van der Waals surface area contributed by atoms with Crippen LogP contribution in [0.2, 0.25) is 0 Å². The van der Waals surface area contributed by atoms with Crippen LogP contribution in [-0.4, -0.2) is 10.9 Å². The van der Waals surface area contributed by atoms with Crippen molar-refractivity contribution >= 4 is 5.91 Å². The van der Waals surface area contributed by atoms with Crippen LogP contribution in [0.3, 0.4) is 0 Å². The van der Waals surface area contributed by atoms with Crippen LogP contribution < -0.4 is 10.9 Å². The van der Waals surface area contributed by atoms with E-state index < -0.39 is 0 Å². The van der Waals surface area contributed by atoms with E-state index >= 15 is 0 Å². The molecule has 0 radical (unpaired) electrons. The topological polar surface area (TPSA) is 62.0 Å². The molecule has 0 unspecified atom stereocenters. The number of nitrogens with one attached hydrogen (secondary N) is 2. The zero-order valence-electron chi connectivity index (χ0n) is 11.6. The van der Waals surface area contributed by atoms with E-state index in [-0.39, 0.29) is 17.5 Å². The smallest absolute Gasteiger partial charge is 0.253 e. The van der Waals surface area contributed by atoms with Crippen molar-refractivity contribution in [1.82, 2.24) is 10.3 Å². The molecule has 0 bridgehead atoms. The lowest BCUT2D eigenvalue weighted by Gasteiger charge is -2.14. The van der Waals surface area contributed by atoms with Crippen LogP contribution >= 0.6 is 0 Å². The van der Waals surface area contributed by atoms with Gasteiger partial charge in [0.2, 0.25) is 5.56 Å². The summed E-state index contributed by atoms with van der Waals surface area (Å²) in [7, 11) is 0. The third kappa shape index (κ3) is 3.35. The van der Waals surface area contributed by atoms with Crippen molar-refractivity contribution in [2.45, 2.75) is 26.3 Å². The zero-order chi connectivity index (χ0) is 14.5. The predicted octanol–water partition coefficient (Wildman–Crippen LogP) is 2.43. The number of rotatable bonds is 4. The molecule has 1 amide bonds. The summed E-state index contributed by atoms with van der Waals surface area (Å²) in [5.74, 6) is -0.201. The second-order valence-corrected chi connectivity index (χ2v) is 4.73. The lowest BCUT2D eigenvalue weighted by molar-refractivity contribution is 0.0939. The van der Waals surface area contributed by atoms with E-state index in [1.54, 1.807) is 0 Å². The number of benzene rings is 1. The lowest BCUT2D eigenvalue weighted by Crippen LogP contribution is -2.27. The van der Waals surface area contributed by atoms with Gasteiger partial charge in [-0.05, 0) is 30.5 Å². The molecule has 1 atom stereocenters. The largest absolute Gasteiger partial charge is 0.345 e. The Kier molecular flexibility index (Phi) is 4.35. The average Bonchev–Trinajstić information content (AvgIpc) is 2.48.